The predicted molar refractivity (Wildman–Crippen MR) is 77.8 cm³/mol. The largest absolute Gasteiger partial charge is 0.396 e. The summed E-state index contributed by atoms with van der Waals surface area (Å²) in [5.41, 5.74) is 0. The second kappa shape index (κ2) is 8.78. The fourth-order valence-electron chi connectivity index (χ4n) is 1.10. The fraction of sp³-hybridized carbons (Fsp3) is 0.600. The minimum Gasteiger partial charge on any atom is -0.396 e. The number of nitrogens with one attached hydrogen (secondary N) is 1. The highest BCUT2D eigenvalue weighted by Crippen LogP contribution is 2.31. The van der Waals surface area contributed by atoms with Crippen molar-refractivity contribution in [3.63, 3.8) is 0 Å². The molecule has 1 aromatic heterocycles. The topological polar surface area (TPSA) is 32.3 Å². The first-order chi connectivity index (χ1) is 7.74. The van der Waals surface area contributed by atoms with Gasteiger partial charge in [0.05, 0.1) is 0 Å². The minimum absolute atomic E-state index is 0.294. The van der Waals surface area contributed by atoms with E-state index in [1.807, 2.05) is 11.8 Å². The second-order valence-corrected chi connectivity index (χ2v) is 7.02. The maximum atomic E-state index is 8.60. The molecule has 0 aliphatic rings. The lowest BCUT2D eigenvalue weighted by atomic mass is 10.4. The zero-order valence-electron chi connectivity index (χ0n) is 8.84. The van der Waals surface area contributed by atoms with Crippen LogP contribution in [0.4, 0.5) is 0 Å². The van der Waals surface area contributed by atoms with Crippen LogP contribution in [0.25, 0.3) is 0 Å². The van der Waals surface area contributed by atoms with Crippen LogP contribution >= 0.6 is 50.6 Å². The van der Waals surface area contributed by atoms with Crippen LogP contribution in [0.5, 0.6) is 0 Å². The molecule has 92 valence electrons. The Balaban J connectivity index is 2.03. The Labute approximate surface area is 118 Å². The van der Waals surface area contributed by atoms with E-state index in [4.69, 9.17) is 16.7 Å². The molecule has 0 aliphatic carbocycles. The van der Waals surface area contributed by atoms with Gasteiger partial charge in [-0.3, -0.25) is 0 Å². The Morgan fingerprint density at radius 1 is 1.50 bits per heavy atom. The molecule has 2 N–H and O–H groups in total. The SMILES string of the molecule is OCCCSCCNCc1cc(Br)c(Cl)s1. The number of aliphatic hydroxyl groups is 1. The summed E-state index contributed by atoms with van der Waals surface area (Å²) in [5.74, 6) is 2.12. The van der Waals surface area contributed by atoms with Crippen LogP contribution < -0.4 is 5.32 Å². The van der Waals surface area contributed by atoms with Crippen LogP contribution in [0.3, 0.4) is 0 Å². The van der Waals surface area contributed by atoms with Crippen molar-refractivity contribution >= 4 is 50.6 Å². The minimum atomic E-state index is 0.294. The van der Waals surface area contributed by atoms with Gasteiger partial charge < -0.3 is 10.4 Å². The molecule has 0 fully saturated rings. The summed E-state index contributed by atoms with van der Waals surface area (Å²) in [4.78, 5) is 1.25. The first-order valence-corrected chi connectivity index (χ1v) is 8.21. The smallest absolute Gasteiger partial charge is 0.107 e. The molecule has 0 saturated heterocycles. The first kappa shape index (κ1) is 14.8. The van der Waals surface area contributed by atoms with Gasteiger partial charge in [-0.1, -0.05) is 11.6 Å². The van der Waals surface area contributed by atoms with Crippen molar-refractivity contribution in [2.24, 2.45) is 0 Å². The maximum Gasteiger partial charge on any atom is 0.107 e. The molecule has 0 unspecified atom stereocenters. The summed E-state index contributed by atoms with van der Waals surface area (Å²) in [5, 5.41) is 12.0. The predicted octanol–water partition coefficient (Wildman–Crippen LogP) is 3.37. The Hall–Kier alpha value is 0.740. The van der Waals surface area contributed by atoms with E-state index in [0.717, 1.165) is 39.8 Å². The van der Waals surface area contributed by atoms with Crippen LogP contribution in [0, 0.1) is 0 Å². The molecule has 1 heterocycles. The van der Waals surface area contributed by atoms with Crippen molar-refractivity contribution in [2.75, 3.05) is 24.7 Å². The molecule has 0 aromatic carbocycles. The number of thiophene rings is 1. The highest BCUT2D eigenvalue weighted by Gasteiger charge is 2.03. The lowest BCUT2D eigenvalue weighted by Crippen LogP contribution is -2.15. The zero-order valence-corrected chi connectivity index (χ0v) is 12.8. The Bertz CT molecular complexity index is 290. The average Bonchev–Trinajstić information content (AvgIpc) is 2.57. The summed E-state index contributed by atoms with van der Waals surface area (Å²) in [6.45, 7) is 2.15. The third kappa shape index (κ3) is 5.89. The van der Waals surface area contributed by atoms with Crippen molar-refractivity contribution in [2.45, 2.75) is 13.0 Å². The van der Waals surface area contributed by atoms with Gasteiger partial charge in [0, 0.05) is 34.8 Å². The van der Waals surface area contributed by atoms with Crippen molar-refractivity contribution < 1.29 is 5.11 Å². The van der Waals surface area contributed by atoms with E-state index in [2.05, 4.69) is 27.3 Å². The zero-order chi connectivity index (χ0) is 11.8. The number of thioether (sulfide) groups is 1. The van der Waals surface area contributed by atoms with Gasteiger partial charge >= 0.3 is 0 Å². The van der Waals surface area contributed by atoms with E-state index >= 15 is 0 Å². The number of aliphatic hydroxyl groups excluding tert-OH is 1. The van der Waals surface area contributed by atoms with Crippen LogP contribution in [0.15, 0.2) is 10.5 Å². The Morgan fingerprint density at radius 2 is 2.31 bits per heavy atom. The first-order valence-electron chi connectivity index (χ1n) is 5.07. The van der Waals surface area contributed by atoms with Crippen LogP contribution in [-0.2, 0) is 6.54 Å². The summed E-state index contributed by atoms with van der Waals surface area (Å²) in [6, 6.07) is 2.05. The summed E-state index contributed by atoms with van der Waals surface area (Å²) in [6.07, 6.45) is 0.887. The van der Waals surface area contributed by atoms with E-state index in [0.29, 0.717) is 6.61 Å². The molecule has 2 nitrogen and oxygen atoms in total. The molecule has 1 aromatic rings. The van der Waals surface area contributed by atoms with Gasteiger partial charge in [-0.25, -0.2) is 0 Å². The van der Waals surface area contributed by atoms with Gasteiger partial charge in [0.15, 0.2) is 0 Å². The van der Waals surface area contributed by atoms with Crippen molar-refractivity contribution in [3.8, 4) is 0 Å². The van der Waals surface area contributed by atoms with Gasteiger partial charge in [-0.2, -0.15) is 11.8 Å². The van der Waals surface area contributed by atoms with Crippen LogP contribution in [0.1, 0.15) is 11.3 Å². The molecular formula is C10H15BrClNOS2. The Kier molecular flexibility index (Phi) is 8.12. The van der Waals surface area contributed by atoms with Crippen molar-refractivity contribution in [1.29, 1.82) is 0 Å². The normalized spacial score (nSPS) is 10.9. The van der Waals surface area contributed by atoms with Gasteiger partial charge in [-0.05, 0) is 34.2 Å². The van der Waals surface area contributed by atoms with Gasteiger partial charge in [0.25, 0.3) is 0 Å². The number of halogens is 2. The molecule has 0 amide bonds. The molecule has 6 heteroatoms. The third-order valence-electron chi connectivity index (χ3n) is 1.87. The summed E-state index contributed by atoms with van der Waals surface area (Å²) < 4.78 is 1.79. The van der Waals surface area contributed by atoms with Crippen molar-refractivity contribution in [3.05, 3.63) is 19.8 Å². The number of hydrogen-bond acceptors (Lipinski definition) is 4. The maximum absolute atomic E-state index is 8.60. The summed E-state index contributed by atoms with van der Waals surface area (Å²) >= 11 is 12.8. The molecule has 0 saturated carbocycles. The quantitative estimate of drug-likeness (QED) is 0.709. The average molecular weight is 345 g/mol. The van der Waals surface area contributed by atoms with Gasteiger partial charge in [-0.15, -0.1) is 11.3 Å². The standard InChI is InChI=1S/C10H15BrClNOS2/c11-9-6-8(16-10(9)12)7-13-2-5-15-4-1-3-14/h6,13-14H,1-5,7H2. The lowest BCUT2D eigenvalue weighted by molar-refractivity contribution is 0.296. The molecule has 0 aliphatic heterocycles. The van der Waals surface area contributed by atoms with Gasteiger partial charge in [0.2, 0.25) is 0 Å². The molecular weight excluding hydrogens is 330 g/mol. The molecule has 0 radical (unpaired) electrons. The van der Waals surface area contributed by atoms with Crippen molar-refractivity contribution in [1.82, 2.24) is 5.32 Å². The van der Waals surface area contributed by atoms with E-state index in [9.17, 15) is 0 Å². The fourth-order valence-corrected chi connectivity index (χ4v) is 3.69. The summed E-state index contributed by atoms with van der Waals surface area (Å²) in [7, 11) is 0. The van der Waals surface area contributed by atoms with Gasteiger partial charge in [0.1, 0.15) is 4.34 Å². The molecule has 16 heavy (non-hydrogen) atoms. The Morgan fingerprint density at radius 3 is 2.94 bits per heavy atom. The lowest BCUT2D eigenvalue weighted by Gasteiger charge is -2.02. The van der Waals surface area contributed by atoms with E-state index in [1.54, 1.807) is 11.3 Å². The number of rotatable bonds is 8. The third-order valence-corrected chi connectivity index (χ3v) is 5.41. The van der Waals surface area contributed by atoms with E-state index in [-0.39, 0.29) is 0 Å². The van der Waals surface area contributed by atoms with E-state index in [1.165, 1.54) is 4.88 Å². The van der Waals surface area contributed by atoms with E-state index < -0.39 is 0 Å². The molecule has 0 spiro atoms. The van der Waals surface area contributed by atoms with Crippen LogP contribution in [-0.4, -0.2) is 29.8 Å². The number of hydrogen-bond donors (Lipinski definition) is 2. The molecule has 0 bridgehead atoms. The monoisotopic (exact) mass is 343 g/mol. The second-order valence-electron chi connectivity index (χ2n) is 3.20. The highest BCUT2D eigenvalue weighted by atomic mass is 79.9. The molecule has 1 rings (SSSR count). The van der Waals surface area contributed by atoms with Crippen LogP contribution in [0.2, 0.25) is 4.34 Å². The molecule has 0 atom stereocenters. The highest BCUT2D eigenvalue weighted by molar-refractivity contribution is 9.10.